The van der Waals surface area contributed by atoms with Gasteiger partial charge in [0.2, 0.25) is 0 Å². The van der Waals surface area contributed by atoms with Crippen LogP contribution < -0.4 is 10.2 Å². The summed E-state index contributed by atoms with van der Waals surface area (Å²) in [5.41, 5.74) is 6.73. The van der Waals surface area contributed by atoms with Gasteiger partial charge in [0, 0.05) is 37.8 Å². The molecule has 2 N–H and O–H groups in total. The van der Waals surface area contributed by atoms with Crippen LogP contribution in [0.1, 0.15) is 40.5 Å². The number of piperazine rings is 1. The fraction of sp³-hybridized carbons (Fsp3) is 0.308. The zero-order valence-corrected chi connectivity index (χ0v) is 16.7. The Kier molecular flexibility index (Phi) is 4.99. The van der Waals surface area contributed by atoms with Crippen LogP contribution in [0.3, 0.4) is 0 Å². The average molecular weight is 385 g/mol. The van der Waals surface area contributed by atoms with Crippen LogP contribution in [-0.4, -0.2) is 31.3 Å². The van der Waals surface area contributed by atoms with Crippen molar-refractivity contribution in [2.45, 2.75) is 24.7 Å². The molecule has 3 aromatic rings. The van der Waals surface area contributed by atoms with E-state index in [-0.39, 0.29) is 0 Å². The largest absolute Gasteiger partial charge is 0.508 e. The molecule has 0 saturated carbocycles. The lowest BCUT2D eigenvalue weighted by atomic mass is 9.69. The van der Waals surface area contributed by atoms with Gasteiger partial charge in [-0.3, -0.25) is 0 Å². The van der Waals surface area contributed by atoms with E-state index in [4.69, 9.17) is 0 Å². The minimum atomic E-state index is 0.318. The molecule has 1 saturated heterocycles. The van der Waals surface area contributed by atoms with Gasteiger partial charge in [0.05, 0.1) is 0 Å². The summed E-state index contributed by atoms with van der Waals surface area (Å²) in [6.07, 6.45) is 2.11. The molecule has 1 fully saturated rings. The Bertz CT molecular complexity index is 962. The number of nitrogens with zero attached hydrogens (tertiary/aromatic N) is 1. The summed E-state index contributed by atoms with van der Waals surface area (Å²) < 4.78 is 0. The fourth-order valence-electron chi connectivity index (χ4n) is 5.09. The van der Waals surface area contributed by atoms with E-state index in [1.54, 1.807) is 0 Å². The van der Waals surface area contributed by atoms with Gasteiger partial charge in [-0.1, -0.05) is 48.5 Å². The summed E-state index contributed by atoms with van der Waals surface area (Å²) in [4.78, 5) is 2.46. The molecule has 0 amide bonds. The molecule has 0 bridgehead atoms. The van der Waals surface area contributed by atoms with Gasteiger partial charge in [0.15, 0.2) is 0 Å². The highest BCUT2D eigenvalue weighted by atomic mass is 16.3. The van der Waals surface area contributed by atoms with Crippen molar-refractivity contribution in [1.29, 1.82) is 0 Å². The maximum Gasteiger partial charge on any atom is 0.115 e. The summed E-state index contributed by atoms with van der Waals surface area (Å²) in [5, 5.41) is 13.4. The van der Waals surface area contributed by atoms with Gasteiger partial charge >= 0.3 is 0 Å². The minimum absolute atomic E-state index is 0.318. The van der Waals surface area contributed by atoms with E-state index in [1.807, 2.05) is 12.1 Å². The van der Waals surface area contributed by atoms with Crippen molar-refractivity contribution in [2.24, 2.45) is 0 Å². The van der Waals surface area contributed by atoms with Crippen molar-refractivity contribution in [3.8, 4) is 5.75 Å². The predicted octanol–water partition coefficient (Wildman–Crippen LogP) is 4.66. The highest BCUT2D eigenvalue weighted by molar-refractivity contribution is 5.52. The number of aromatic hydroxyl groups is 1. The minimum Gasteiger partial charge on any atom is -0.508 e. The predicted molar refractivity (Wildman–Crippen MR) is 119 cm³/mol. The molecule has 2 unspecified atom stereocenters. The molecule has 29 heavy (non-hydrogen) atoms. The van der Waals surface area contributed by atoms with Crippen molar-refractivity contribution in [1.82, 2.24) is 5.32 Å². The molecule has 0 radical (unpaired) electrons. The van der Waals surface area contributed by atoms with Gasteiger partial charge in [0.1, 0.15) is 5.75 Å². The smallest absolute Gasteiger partial charge is 0.115 e. The first-order valence-electron chi connectivity index (χ1n) is 10.7. The van der Waals surface area contributed by atoms with Gasteiger partial charge < -0.3 is 15.3 Å². The van der Waals surface area contributed by atoms with Gasteiger partial charge in [-0.15, -0.1) is 0 Å². The quantitative estimate of drug-likeness (QED) is 0.689. The molecular formula is C26H28N2O. The van der Waals surface area contributed by atoms with Crippen LogP contribution in [-0.2, 0) is 6.42 Å². The first kappa shape index (κ1) is 18.3. The number of phenols is 1. The number of benzene rings is 3. The third-order valence-corrected chi connectivity index (χ3v) is 6.55. The number of hydrogen-bond acceptors (Lipinski definition) is 3. The van der Waals surface area contributed by atoms with E-state index in [0.29, 0.717) is 17.6 Å². The fourth-order valence-corrected chi connectivity index (χ4v) is 5.09. The SMILES string of the molecule is Oc1ccc2c(c1)CCC(c1ccccc1)C2c1ccc(N2CCNCC2)cc1. The van der Waals surface area contributed by atoms with Crippen molar-refractivity contribution >= 4 is 5.69 Å². The normalized spacial score (nSPS) is 21.6. The summed E-state index contributed by atoms with van der Waals surface area (Å²) in [5.74, 6) is 1.15. The number of hydrogen-bond donors (Lipinski definition) is 2. The molecule has 3 heteroatoms. The van der Waals surface area contributed by atoms with E-state index in [9.17, 15) is 5.11 Å². The topological polar surface area (TPSA) is 35.5 Å². The van der Waals surface area contributed by atoms with E-state index >= 15 is 0 Å². The number of phenolic OH excluding ortho intramolecular Hbond substituents is 1. The molecule has 148 valence electrons. The molecule has 3 aromatic carbocycles. The van der Waals surface area contributed by atoms with Gasteiger partial charge in [0.25, 0.3) is 0 Å². The second-order valence-corrected chi connectivity index (χ2v) is 8.25. The monoisotopic (exact) mass is 384 g/mol. The van der Waals surface area contributed by atoms with Crippen molar-refractivity contribution in [3.63, 3.8) is 0 Å². The first-order valence-corrected chi connectivity index (χ1v) is 10.7. The highest BCUT2D eigenvalue weighted by Crippen LogP contribution is 2.47. The van der Waals surface area contributed by atoms with Crippen LogP contribution in [0.25, 0.3) is 0 Å². The third kappa shape index (κ3) is 3.63. The Labute approximate surface area is 173 Å². The second kappa shape index (κ2) is 7.92. The van der Waals surface area contributed by atoms with Crippen LogP contribution in [0.15, 0.2) is 72.8 Å². The zero-order valence-electron chi connectivity index (χ0n) is 16.7. The van der Waals surface area contributed by atoms with Crippen LogP contribution >= 0.6 is 0 Å². The van der Waals surface area contributed by atoms with Crippen molar-refractivity contribution in [2.75, 3.05) is 31.1 Å². The summed E-state index contributed by atoms with van der Waals surface area (Å²) in [7, 11) is 0. The Morgan fingerprint density at radius 1 is 0.828 bits per heavy atom. The maximum absolute atomic E-state index is 10.00. The molecule has 0 aromatic heterocycles. The third-order valence-electron chi connectivity index (χ3n) is 6.55. The van der Waals surface area contributed by atoms with Gasteiger partial charge in [-0.25, -0.2) is 0 Å². The molecule has 3 nitrogen and oxygen atoms in total. The molecular weight excluding hydrogens is 356 g/mol. The Morgan fingerprint density at radius 3 is 2.34 bits per heavy atom. The van der Waals surface area contributed by atoms with Crippen LogP contribution in [0, 0.1) is 0 Å². The first-order chi connectivity index (χ1) is 14.3. The summed E-state index contributed by atoms with van der Waals surface area (Å²) in [6, 6.07) is 26.1. The molecule has 1 aliphatic carbocycles. The average Bonchev–Trinajstić information content (AvgIpc) is 2.79. The highest BCUT2D eigenvalue weighted by Gasteiger charge is 2.32. The second-order valence-electron chi connectivity index (χ2n) is 8.25. The summed E-state index contributed by atoms with van der Waals surface area (Å²) >= 11 is 0. The van der Waals surface area contributed by atoms with Crippen LogP contribution in [0.2, 0.25) is 0 Å². The van der Waals surface area contributed by atoms with E-state index in [1.165, 1.54) is 27.9 Å². The van der Waals surface area contributed by atoms with Crippen molar-refractivity contribution in [3.05, 3.63) is 95.1 Å². The molecule has 2 atom stereocenters. The lowest BCUT2D eigenvalue weighted by molar-refractivity contribution is 0.469. The lowest BCUT2D eigenvalue weighted by Crippen LogP contribution is -2.43. The maximum atomic E-state index is 10.00. The number of nitrogens with one attached hydrogen (secondary N) is 1. The molecule has 2 aliphatic rings. The Morgan fingerprint density at radius 2 is 1.59 bits per heavy atom. The van der Waals surface area contributed by atoms with Crippen molar-refractivity contribution < 1.29 is 5.11 Å². The standard InChI is InChI=1S/C26H28N2O/c29-23-11-13-25-21(18-23)8-12-24(19-4-2-1-3-5-19)26(25)20-6-9-22(10-7-20)28-16-14-27-15-17-28/h1-7,9-11,13,18,24,26-27,29H,8,12,14-17H2. The van der Waals surface area contributed by atoms with Crippen LogP contribution in [0.5, 0.6) is 5.75 Å². The number of aryl methyl sites for hydroxylation is 1. The number of anilines is 1. The van der Waals surface area contributed by atoms with E-state index in [0.717, 1.165) is 39.0 Å². The van der Waals surface area contributed by atoms with E-state index < -0.39 is 0 Å². The molecule has 5 rings (SSSR count). The molecule has 1 aliphatic heterocycles. The molecule has 1 heterocycles. The van der Waals surface area contributed by atoms with E-state index in [2.05, 4.69) is 70.9 Å². The van der Waals surface area contributed by atoms with Gasteiger partial charge in [-0.05, 0) is 65.3 Å². The number of fused-ring (bicyclic) bond motifs is 1. The number of rotatable bonds is 3. The van der Waals surface area contributed by atoms with Gasteiger partial charge in [-0.2, -0.15) is 0 Å². The Hall–Kier alpha value is -2.78. The molecule has 0 spiro atoms. The van der Waals surface area contributed by atoms with Crippen LogP contribution in [0.4, 0.5) is 5.69 Å². The Balaban J connectivity index is 1.53. The summed E-state index contributed by atoms with van der Waals surface area (Å²) in [6.45, 7) is 4.24. The lowest BCUT2D eigenvalue weighted by Gasteiger charge is -2.35. The zero-order chi connectivity index (χ0) is 19.6.